The van der Waals surface area contributed by atoms with Crippen molar-refractivity contribution >= 4 is 17.5 Å². The van der Waals surface area contributed by atoms with Crippen LogP contribution < -0.4 is 15.5 Å². The zero-order valence-electron chi connectivity index (χ0n) is 16.2. The summed E-state index contributed by atoms with van der Waals surface area (Å²) >= 11 is 1.42. The van der Waals surface area contributed by atoms with Crippen LogP contribution in [0.25, 0.3) is 0 Å². The van der Waals surface area contributed by atoms with Gasteiger partial charge in [0.25, 0.3) is 0 Å². The summed E-state index contributed by atoms with van der Waals surface area (Å²) < 4.78 is 10.6. The highest BCUT2D eigenvalue weighted by molar-refractivity contribution is 8.02. The van der Waals surface area contributed by atoms with Crippen LogP contribution in [0.3, 0.4) is 0 Å². The summed E-state index contributed by atoms with van der Waals surface area (Å²) in [6, 6.07) is 9.02. The summed E-state index contributed by atoms with van der Waals surface area (Å²) in [5.74, 6) is -0.301. The minimum absolute atomic E-state index is 0.212. The SMILES string of the molecule is COc1ccc(C2CC(C3OC([N+](=O)[O-])=CC3=O)NC3C(C#N)=C(SC)NN32)cc1. The number of ether oxygens (including phenoxy) is 2. The Kier molecular flexibility index (Phi) is 5.38. The Balaban J connectivity index is 1.67. The first kappa shape index (κ1) is 20.2. The van der Waals surface area contributed by atoms with Gasteiger partial charge in [0, 0.05) is 0 Å². The molecule has 0 bridgehead atoms. The van der Waals surface area contributed by atoms with Gasteiger partial charge in [0.05, 0.1) is 29.8 Å². The van der Waals surface area contributed by atoms with Crippen molar-refractivity contribution in [1.82, 2.24) is 15.8 Å². The summed E-state index contributed by atoms with van der Waals surface area (Å²) in [6.45, 7) is 0. The van der Waals surface area contributed by atoms with Gasteiger partial charge in [-0.15, -0.1) is 11.8 Å². The number of hydrazine groups is 1. The standard InChI is InChI=1S/C19H19N5O5S/c1-28-11-5-3-10(4-6-11)14-7-13(17-15(25)8-16(29-17)24(26)27)21-18-12(9-20)19(30-2)22-23(14)18/h3-6,8,13-14,17-18,21-22H,7H2,1-2H3. The average Bonchev–Trinajstić information content (AvgIpc) is 3.33. The fraction of sp³-hybridized carbons (Fsp3) is 0.368. The van der Waals surface area contributed by atoms with Crippen LogP contribution in [0.2, 0.25) is 0 Å². The van der Waals surface area contributed by atoms with Gasteiger partial charge in [0.2, 0.25) is 5.78 Å². The van der Waals surface area contributed by atoms with E-state index in [1.165, 1.54) is 11.8 Å². The Morgan fingerprint density at radius 1 is 1.40 bits per heavy atom. The summed E-state index contributed by atoms with van der Waals surface area (Å²) in [6.07, 6.45) is 1.70. The number of nitriles is 1. The number of nitrogens with zero attached hydrogens (tertiary/aromatic N) is 3. The number of benzene rings is 1. The van der Waals surface area contributed by atoms with Gasteiger partial charge in [-0.25, -0.2) is 0 Å². The molecule has 4 unspecified atom stereocenters. The molecule has 1 fully saturated rings. The molecule has 3 aliphatic rings. The van der Waals surface area contributed by atoms with Gasteiger partial charge in [0.15, 0.2) is 6.10 Å². The van der Waals surface area contributed by atoms with Gasteiger partial charge in [-0.2, -0.15) is 10.3 Å². The second-order valence-corrected chi connectivity index (χ2v) is 7.78. The van der Waals surface area contributed by atoms with Gasteiger partial charge in [0.1, 0.15) is 29.0 Å². The summed E-state index contributed by atoms with van der Waals surface area (Å²) in [7, 11) is 1.59. The highest BCUT2D eigenvalue weighted by Gasteiger charge is 2.49. The molecule has 30 heavy (non-hydrogen) atoms. The van der Waals surface area contributed by atoms with Crippen molar-refractivity contribution in [2.75, 3.05) is 13.4 Å². The average molecular weight is 429 g/mol. The lowest BCUT2D eigenvalue weighted by Crippen LogP contribution is -2.61. The number of fused-ring (bicyclic) bond motifs is 1. The van der Waals surface area contributed by atoms with Gasteiger partial charge in [-0.05, 0) is 30.4 Å². The van der Waals surface area contributed by atoms with Crippen LogP contribution in [0.15, 0.2) is 46.8 Å². The predicted molar refractivity (Wildman–Crippen MR) is 107 cm³/mol. The predicted octanol–water partition coefficient (Wildman–Crippen LogP) is 1.43. The molecule has 4 atom stereocenters. The van der Waals surface area contributed by atoms with Gasteiger partial charge in [-0.1, -0.05) is 12.1 Å². The molecule has 2 N–H and O–H groups in total. The molecule has 4 rings (SSSR count). The molecule has 10 nitrogen and oxygen atoms in total. The molecule has 156 valence electrons. The van der Waals surface area contributed by atoms with E-state index in [9.17, 15) is 20.2 Å². The van der Waals surface area contributed by atoms with Crippen molar-refractivity contribution < 1.29 is 19.2 Å². The largest absolute Gasteiger partial charge is 0.497 e. The number of hydrogen-bond acceptors (Lipinski definition) is 10. The quantitative estimate of drug-likeness (QED) is 0.524. The number of nitro groups is 1. The van der Waals surface area contributed by atoms with E-state index >= 15 is 0 Å². The van der Waals surface area contributed by atoms with Crippen LogP contribution in [0.1, 0.15) is 18.0 Å². The maximum absolute atomic E-state index is 12.4. The minimum atomic E-state index is -1.02. The van der Waals surface area contributed by atoms with Crippen LogP contribution in [0, 0.1) is 21.4 Å². The summed E-state index contributed by atoms with van der Waals surface area (Å²) in [5.41, 5.74) is 4.73. The number of carbonyl (C=O) groups excluding carboxylic acids is 1. The van der Waals surface area contributed by atoms with Gasteiger partial charge >= 0.3 is 5.88 Å². The third-order valence-corrected chi connectivity index (χ3v) is 6.10. The first-order chi connectivity index (χ1) is 14.5. The number of nitrogens with one attached hydrogen (secondary N) is 2. The summed E-state index contributed by atoms with van der Waals surface area (Å²) in [4.78, 5) is 22.7. The van der Waals surface area contributed by atoms with Crippen molar-refractivity contribution in [3.63, 3.8) is 0 Å². The lowest BCUT2D eigenvalue weighted by molar-refractivity contribution is -0.463. The molecule has 11 heteroatoms. The Morgan fingerprint density at radius 2 is 2.13 bits per heavy atom. The molecule has 1 saturated heterocycles. The number of hydrogen-bond donors (Lipinski definition) is 2. The molecule has 0 radical (unpaired) electrons. The molecule has 0 amide bonds. The Hall–Kier alpha value is -3.07. The topological polar surface area (TPSA) is 130 Å². The second-order valence-electron chi connectivity index (χ2n) is 6.96. The Morgan fingerprint density at radius 3 is 2.70 bits per heavy atom. The lowest BCUT2D eigenvalue weighted by Gasteiger charge is -2.43. The van der Waals surface area contributed by atoms with Crippen molar-refractivity contribution in [3.05, 3.63) is 62.5 Å². The number of methoxy groups -OCH3 is 1. The molecular weight excluding hydrogens is 410 g/mol. The summed E-state index contributed by atoms with van der Waals surface area (Å²) in [5, 5.41) is 26.7. The zero-order chi connectivity index (χ0) is 21.4. The minimum Gasteiger partial charge on any atom is -0.497 e. The molecule has 0 spiro atoms. The van der Waals surface area contributed by atoms with Gasteiger partial charge in [-0.3, -0.25) is 20.2 Å². The zero-order valence-corrected chi connectivity index (χ0v) is 17.0. The molecule has 1 aromatic rings. The van der Waals surface area contributed by atoms with Crippen molar-refractivity contribution in [2.45, 2.75) is 30.8 Å². The van der Waals surface area contributed by atoms with E-state index in [0.717, 1.165) is 16.7 Å². The maximum atomic E-state index is 12.4. The first-order valence-electron chi connectivity index (χ1n) is 9.16. The Bertz CT molecular complexity index is 986. The number of rotatable bonds is 5. The van der Waals surface area contributed by atoms with Crippen molar-refractivity contribution in [1.29, 1.82) is 5.26 Å². The third-order valence-electron chi connectivity index (χ3n) is 5.38. The molecule has 1 aromatic carbocycles. The fourth-order valence-corrected chi connectivity index (χ4v) is 4.53. The molecule has 0 aliphatic carbocycles. The van der Waals surface area contributed by atoms with Crippen LogP contribution in [-0.4, -0.2) is 47.4 Å². The molecular formula is C19H19N5O5S. The number of carbonyl (C=O) groups is 1. The van der Waals surface area contributed by atoms with Crippen LogP contribution >= 0.6 is 11.8 Å². The van der Waals surface area contributed by atoms with Crippen LogP contribution in [0.4, 0.5) is 0 Å². The van der Waals surface area contributed by atoms with Crippen LogP contribution in [-0.2, 0) is 9.53 Å². The van der Waals surface area contributed by atoms with E-state index in [1.54, 1.807) is 7.11 Å². The van der Waals surface area contributed by atoms with Crippen molar-refractivity contribution in [2.24, 2.45) is 0 Å². The number of thioether (sulfide) groups is 1. The molecule has 0 aromatic heterocycles. The van der Waals surface area contributed by atoms with E-state index < -0.39 is 34.9 Å². The van der Waals surface area contributed by atoms with E-state index in [1.807, 2.05) is 35.5 Å². The molecule has 3 aliphatic heterocycles. The number of ketones is 1. The van der Waals surface area contributed by atoms with E-state index in [0.29, 0.717) is 17.7 Å². The first-order valence-corrected chi connectivity index (χ1v) is 10.4. The smallest absolute Gasteiger partial charge is 0.432 e. The van der Waals surface area contributed by atoms with Crippen LogP contribution in [0.5, 0.6) is 5.75 Å². The third kappa shape index (κ3) is 3.39. The maximum Gasteiger partial charge on any atom is 0.432 e. The van der Waals surface area contributed by atoms with Crippen molar-refractivity contribution in [3.8, 4) is 11.8 Å². The Labute approximate surface area is 176 Å². The van der Waals surface area contributed by atoms with E-state index in [-0.39, 0.29) is 6.04 Å². The highest BCUT2D eigenvalue weighted by Crippen LogP contribution is 2.40. The lowest BCUT2D eigenvalue weighted by atomic mass is 9.90. The highest BCUT2D eigenvalue weighted by atomic mass is 32.2. The second kappa shape index (κ2) is 7.98. The fourth-order valence-electron chi connectivity index (χ4n) is 3.96. The monoisotopic (exact) mass is 429 g/mol. The normalized spacial score (nSPS) is 28.3. The van der Waals surface area contributed by atoms with Gasteiger partial charge < -0.3 is 14.9 Å². The molecule has 3 heterocycles. The van der Waals surface area contributed by atoms with E-state index in [4.69, 9.17) is 9.47 Å². The molecule has 0 saturated carbocycles. The van der Waals surface area contributed by atoms with E-state index in [2.05, 4.69) is 16.8 Å².